The van der Waals surface area contributed by atoms with Crippen LogP contribution in [0.25, 0.3) is 0 Å². The Morgan fingerprint density at radius 1 is 1.23 bits per heavy atom. The largest absolute Gasteiger partial charge is 0.473 e. The highest BCUT2D eigenvalue weighted by Crippen LogP contribution is 2.25. The van der Waals surface area contributed by atoms with E-state index in [-0.39, 0.29) is 35.2 Å². The second-order valence-electron chi connectivity index (χ2n) is 8.43. The predicted octanol–water partition coefficient (Wildman–Crippen LogP) is 4.05. The number of piperidine rings is 1. The number of hydrogen-bond acceptors (Lipinski definition) is 6. The molecule has 0 radical (unpaired) electrons. The molecule has 0 spiro atoms. The standard InChI is InChI=1S/C23H31FN4O3/c1-15(2)28-11-5-6-17(14-28)13-25-22(29)20-12-21(26-27-23(20)30-16(3)4)31-19-9-7-18(24)8-10-19/h7-10,12,15-17H,5-6,11,13-14H2,1-4H3,(H,25,29)/t17-/m1/s1. The van der Waals surface area contributed by atoms with Crippen molar-refractivity contribution in [3.05, 3.63) is 41.7 Å². The van der Waals surface area contributed by atoms with Gasteiger partial charge in [-0.3, -0.25) is 4.79 Å². The molecule has 1 aliphatic rings. The molecule has 0 unspecified atom stereocenters. The highest BCUT2D eigenvalue weighted by molar-refractivity contribution is 5.96. The number of nitrogens with one attached hydrogen (secondary N) is 1. The highest BCUT2D eigenvalue weighted by Gasteiger charge is 2.24. The zero-order valence-electron chi connectivity index (χ0n) is 18.6. The van der Waals surface area contributed by atoms with Crippen molar-refractivity contribution in [1.29, 1.82) is 0 Å². The van der Waals surface area contributed by atoms with E-state index in [1.165, 1.54) is 30.3 Å². The number of ether oxygens (including phenoxy) is 2. The third-order valence-electron chi connectivity index (χ3n) is 5.20. The van der Waals surface area contributed by atoms with Crippen molar-refractivity contribution in [1.82, 2.24) is 20.4 Å². The number of carbonyl (C=O) groups is 1. The van der Waals surface area contributed by atoms with Crippen molar-refractivity contribution in [2.45, 2.75) is 52.7 Å². The molecule has 31 heavy (non-hydrogen) atoms. The maximum Gasteiger partial charge on any atom is 0.257 e. The Labute approximate surface area is 182 Å². The molecule has 1 atom stereocenters. The van der Waals surface area contributed by atoms with Gasteiger partial charge in [-0.15, -0.1) is 10.2 Å². The van der Waals surface area contributed by atoms with Gasteiger partial charge in [0.1, 0.15) is 17.1 Å². The van der Waals surface area contributed by atoms with Crippen LogP contribution >= 0.6 is 0 Å². The SMILES string of the molecule is CC(C)Oc1nnc(Oc2ccc(F)cc2)cc1C(=O)NC[C@H]1CCCN(C(C)C)C1. The molecule has 3 rings (SSSR count). The summed E-state index contributed by atoms with van der Waals surface area (Å²) < 4.78 is 24.4. The summed E-state index contributed by atoms with van der Waals surface area (Å²) in [6, 6.07) is 7.55. The minimum absolute atomic E-state index is 0.136. The molecule has 1 aromatic carbocycles. The number of hydrogen-bond donors (Lipinski definition) is 1. The molecule has 1 amide bonds. The molecular formula is C23H31FN4O3. The number of benzene rings is 1. The van der Waals surface area contributed by atoms with E-state index in [9.17, 15) is 9.18 Å². The van der Waals surface area contributed by atoms with E-state index >= 15 is 0 Å². The third-order valence-corrected chi connectivity index (χ3v) is 5.20. The van der Waals surface area contributed by atoms with E-state index in [1.807, 2.05) is 13.8 Å². The molecule has 0 saturated carbocycles. The lowest BCUT2D eigenvalue weighted by Crippen LogP contribution is -2.43. The third kappa shape index (κ3) is 6.62. The maximum absolute atomic E-state index is 13.1. The normalized spacial score (nSPS) is 17.1. The van der Waals surface area contributed by atoms with Crippen LogP contribution in [0, 0.1) is 11.7 Å². The predicted molar refractivity (Wildman–Crippen MR) is 116 cm³/mol. The number of likely N-dealkylation sites (tertiary alicyclic amines) is 1. The number of amides is 1. The van der Waals surface area contributed by atoms with E-state index in [1.54, 1.807) is 0 Å². The Balaban J connectivity index is 1.71. The molecule has 1 saturated heterocycles. The van der Waals surface area contributed by atoms with Crippen molar-refractivity contribution >= 4 is 5.91 Å². The molecule has 1 N–H and O–H groups in total. The lowest BCUT2D eigenvalue weighted by molar-refractivity contribution is 0.0914. The highest BCUT2D eigenvalue weighted by atomic mass is 19.1. The van der Waals surface area contributed by atoms with Gasteiger partial charge in [-0.2, -0.15) is 0 Å². The van der Waals surface area contributed by atoms with Crippen LogP contribution in [0.2, 0.25) is 0 Å². The zero-order valence-corrected chi connectivity index (χ0v) is 18.6. The summed E-state index contributed by atoms with van der Waals surface area (Å²) in [6.45, 7) is 10.8. The van der Waals surface area contributed by atoms with E-state index < -0.39 is 0 Å². The average Bonchev–Trinajstić information content (AvgIpc) is 2.74. The number of rotatable bonds is 8. The van der Waals surface area contributed by atoms with Gasteiger partial charge in [-0.25, -0.2) is 4.39 Å². The number of nitrogens with zero attached hydrogens (tertiary/aromatic N) is 3. The van der Waals surface area contributed by atoms with Crippen molar-refractivity contribution in [3.63, 3.8) is 0 Å². The lowest BCUT2D eigenvalue weighted by Gasteiger charge is -2.35. The fourth-order valence-electron chi connectivity index (χ4n) is 3.57. The first-order chi connectivity index (χ1) is 14.8. The van der Waals surface area contributed by atoms with Crippen LogP contribution in [0.1, 0.15) is 50.9 Å². The molecule has 168 valence electrons. The minimum atomic E-state index is -0.363. The summed E-state index contributed by atoms with van der Waals surface area (Å²) in [6.07, 6.45) is 2.06. The van der Waals surface area contributed by atoms with Gasteiger partial charge in [-0.05, 0) is 77.3 Å². The molecule has 8 heteroatoms. The van der Waals surface area contributed by atoms with Gasteiger partial charge >= 0.3 is 0 Å². The Hall–Kier alpha value is -2.74. The smallest absolute Gasteiger partial charge is 0.257 e. The monoisotopic (exact) mass is 430 g/mol. The van der Waals surface area contributed by atoms with Crippen LogP contribution in [0.3, 0.4) is 0 Å². The average molecular weight is 431 g/mol. The van der Waals surface area contributed by atoms with Crippen LogP contribution < -0.4 is 14.8 Å². The fourth-order valence-corrected chi connectivity index (χ4v) is 3.57. The van der Waals surface area contributed by atoms with Crippen molar-refractivity contribution < 1.29 is 18.7 Å². The van der Waals surface area contributed by atoms with Crippen LogP contribution in [0.5, 0.6) is 17.5 Å². The van der Waals surface area contributed by atoms with E-state index in [0.717, 1.165) is 25.9 Å². The molecule has 7 nitrogen and oxygen atoms in total. The van der Waals surface area contributed by atoms with Gasteiger partial charge < -0.3 is 19.7 Å². The summed E-state index contributed by atoms with van der Waals surface area (Å²) in [4.78, 5) is 15.4. The first kappa shape index (κ1) is 22.9. The Morgan fingerprint density at radius 3 is 2.65 bits per heavy atom. The van der Waals surface area contributed by atoms with Gasteiger partial charge in [0, 0.05) is 25.2 Å². The number of aromatic nitrogens is 2. The molecular weight excluding hydrogens is 399 g/mol. The Bertz CT molecular complexity index is 874. The van der Waals surface area contributed by atoms with Crippen molar-refractivity contribution in [2.24, 2.45) is 5.92 Å². The Morgan fingerprint density at radius 2 is 1.97 bits per heavy atom. The molecule has 2 aromatic rings. The van der Waals surface area contributed by atoms with Gasteiger partial charge in [0.25, 0.3) is 5.91 Å². The first-order valence-corrected chi connectivity index (χ1v) is 10.8. The molecule has 0 bridgehead atoms. The zero-order chi connectivity index (χ0) is 22.4. The Kier molecular flexibility index (Phi) is 7.79. The molecule has 1 fully saturated rings. The minimum Gasteiger partial charge on any atom is -0.473 e. The van der Waals surface area contributed by atoms with Crippen molar-refractivity contribution in [3.8, 4) is 17.5 Å². The summed E-state index contributed by atoms with van der Waals surface area (Å²) >= 11 is 0. The van der Waals surface area contributed by atoms with Gasteiger partial charge in [-0.1, -0.05) is 0 Å². The molecule has 1 aromatic heterocycles. The molecule has 1 aliphatic heterocycles. The van der Waals surface area contributed by atoms with Gasteiger partial charge in [0.15, 0.2) is 0 Å². The summed E-state index contributed by atoms with van der Waals surface area (Å²) in [5.41, 5.74) is 0.261. The molecule has 2 heterocycles. The summed E-state index contributed by atoms with van der Waals surface area (Å²) in [7, 11) is 0. The van der Waals surface area contributed by atoms with E-state index in [2.05, 4.69) is 34.3 Å². The van der Waals surface area contributed by atoms with Crippen LogP contribution in [-0.4, -0.2) is 52.8 Å². The second kappa shape index (κ2) is 10.5. The summed E-state index contributed by atoms with van der Waals surface area (Å²) in [5, 5.41) is 11.1. The molecule has 0 aliphatic carbocycles. The van der Waals surface area contributed by atoms with Crippen LogP contribution in [-0.2, 0) is 0 Å². The number of halogens is 1. The van der Waals surface area contributed by atoms with E-state index in [4.69, 9.17) is 9.47 Å². The van der Waals surface area contributed by atoms with E-state index in [0.29, 0.717) is 24.3 Å². The fraction of sp³-hybridized carbons (Fsp3) is 0.522. The maximum atomic E-state index is 13.1. The lowest BCUT2D eigenvalue weighted by atomic mass is 9.97. The van der Waals surface area contributed by atoms with Gasteiger partial charge in [0.2, 0.25) is 11.8 Å². The second-order valence-corrected chi connectivity index (χ2v) is 8.43. The number of carbonyl (C=O) groups excluding carboxylic acids is 1. The topological polar surface area (TPSA) is 76.6 Å². The summed E-state index contributed by atoms with van der Waals surface area (Å²) in [5.74, 6) is 0.451. The quantitative estimate of drug-likeness (QED) is 0.681. The van der Waals surface area contributed by atoms with Gasteiger partial charge in [0.05, 0.1) is 6.10 Å². The van der Waals surface area contributed by atoms with Crippen LogP contribution in [0.15, 0.2) is 30.3 Å². The van der Waals surface area contributed by atoms with Crippen LogP contribution in [0.4, 0.5) is 4.39 Å². The first-order valence-electron chi connectivity index (χ1n) is 10.8. The van der Waals surface area contributed by atoms with Crippen molar-refractivity contribution in [2.75, 3.05) is 19.6 Å².